The predicted molar refractivity (Wildman–Crippen MR) is 83.1 cm³/mol. The Morgan fingerprint density at radius 1 is 1.32 bits per heavy atom. The van der Waals surface area contributed by atoms with Gasteiger partial charge in [-0.15, -0.1) is 0 Å². The SMILES string of the molecule is CC(C)NC[C@H](O)C(=O)N[C@@H](C)[C@H]1COc2ccccc2O1. The number of nitrogens with one attached hydrogen (secondary N) is 2. The number of amides is 1. The number of carbonyl (C=O) groups excluding carboxylic acids is 1. The van der Waals surface area contributed by atoms with E-state index >= 15 is 0 Å². The van der Waals surface area contributed by atoms with Gasteiger partial charge in [-0.05, 0) is 19.1 Å². The van der Waals surface area contributed by atoms with Crippen LogP contribution in [0.25, 0.3) is 0 Å². The van der Waals surface area contributed by atoms with E-state index in [4.69, 9.17) is 9.47 Å². The highest BCUT2D eigenvalue weighted by molar-refractivity contribution is 5.81. The van der Waals surface area contributed by atoms with Crippen molar-refractivity contribution in [2.45, 2.75) is 45.1 Å². The molecule has 122 valence electrons. The molecule has 22 heavy (non-hydrogen) atoms. The topological polar surface area (TPSA) is 79.8 Å². The quantitative estimate of drug-likeness (QED) is 0.720. The van der Waals surface area contributed by atoms with Crippen molar-refractivity contribution in [1.82, 2.24) is 10.6 Å². The standard InChI is InChI=1S/C16H24N2O4/c1-10(2)17-8-12(19)16(20)18-11(3)15-9-21-13-6-4-5-7-14(13)22-15/h4-7,10-12,15,17,19H,8-9H2,1-3H3,(H,18,20)/t11-,12-,15+/m0/s1. The molecule has 1 aliphatic heterocycles. The molecule has 2 rings (SSSR count). The van der Waals surface area contributed by atoms with Crippen molar-refractivity contribution < 1.29 is 19.4 Å². The van der Waals surface area contributed by atoms with Crippen molar-refractivity contribution in [3.63, 3.8) is 0 Å². The lowest BCUT2D eigenvalue weighted by Crippen LogP contribution is -2.52. The second-order valence-electron chi connectivity index (χ2n) is 5.79. The van der Waals surface area contributed by atoms with E-state index in [-0.39, 0.29) is 24.7 Å². The second kappa shape index (κ2) is 7.47. The zero-order valence-corrected chi connectivity index (χ0v) is 13.2. The first kappa shape index (κ1) is 16.6. The molecular weight excluding hydrogens is 284 g/mol. The van der Waals surface area contributed by atoms with Gasteiger partial charge in [0.25, 0.3) is 5.91 Å². The number of aliphatic hydroxyl groups is 1. The number of hydrogen-bond donors (Lipinski definition) is 3. The smallest absolute Gasteiger partial charge is 0.250 e. The molecule has 3 N–H and O–H groups in total. The fourth-order valence-electron chi connectivity index (χ4n) is 2.14. The normalized spacial score (nSPS) is 19.6. The molecule has 1 amide bonds. The van der Waals surface area contributed by atoms with Crippen LogP contribution in [0.3, 0.4) is 0 Å². The number of carbonyl (C=O) groups is 1. The van der Waals surface area contributed by atoms with E-state index in [2.05, 4.69) is 10.6 Å². The highest BCUT2D eigenvalue weighted by Gasteiger charge is 2.28. The molecule has 1 aromatic carbocycles. The van der Waals surface area contributed by atoms with Crippen molar-refractivity contribution in [2.24, 2.45) is 0 Å². The van der Waals surface area contributed by atoms with Crippen LogP contribution < -0.4 is 20.1 Å². The van der Waals surface area contributed by atoms with E-state index in [1.165, 1.54) is 0 Å². The maximum absolute atomic E-state index is 12.0. The molecule has 0 saturated carbocycles. The van der Waals surface area contributed by atoms with Crippen LogP contribution in [0.5, 0.6) is 11.5 Å². The fourth-order valence-corrected chi connectivity index (χ4v) is 2.14. The largest absolute Gasteiger partial charge is 0.486 e. The molecule has 1 aromatic rings. The third-order valence-electron chi connectivity index (χ3n) is 3.48. The van der Waals surface area contributed by atoms with Gasteiger partial charge in [-0.25, -0.2) is 0 Å². The van der Waals surface area contributed by atoms with Crippen molar-refractivity contribution in [2.75, 3.05) is 13.2 Å². The Kier molecular flexibility index (Phi) is 5.63. The highest BCUT2D eigenvalue weighted by Crippen LogP contribution is 2.31. The molecule has 0 aromatic heterocycles. The van der Waals surface area contributed by atoms with Gasteiger partial charge in [0, 0.05) is 12.6 Å². The highest BCUT2D eigenvalue weighted by atomic mass is 16.6. The Morgan fingerprint density at radius 3 is 2.68 bits per heavy atom. The van der Waals surface area contributed by atoms with Crippen molar-refractivity contribution in [1.29, 1.82) is 0 Å². The van der Waals surface area contributed by atoms with E-state index in [0.29, 0.717) is 18.1 Å². The van der Waals surface area contributed by atoms with Crippen LogP contribution in [0.2, 0.25) is 0 Å². The van der Waals surface area contributed by atoms with E-state index in [0.717, 1.165) is 0 Å². The van der Waals surface area contributed by atoms with Gasteiger partial charge < -0.3 is 25.2 Å². The molecule has 0 fully saturated rings. The molecule has 0 bridgehead atoms. The van der Waals surface area contributed by atoms with Crippen molar-refractivity contribution in [3.8, 4) is 11.5 Å². The molecule has 1 aliphatic rings. The summed E-state index contributed by atoms with van der Waals surface area (Å²) in [5.74, 6) is 0.962. The molecular formula is C16H24N2O4. The van der Waals surface area contributed by atoms with Crippen LogP contribution >= 0.6 is 0 Å². The summed E-state index contributed by atoms with van der Waals surface area (Å²) in [6.07, 6.45) is -1.37. The van der Waals surface area contributed by atoms with Crippen LogP contribution in [0.15, 0.2) is 24.3 Å². The van der Waals surface area contributed by atoms with Gasteiger partial charge in [0.15, 0.2) is 17.6 Å². The monoisotopic (exact) mass is 308 g/mol. The summed E-state index contributed by atoms with van der Waals surface area (Å²) in [4.78, 5) is 12.0. The molecule has 1 heterocycles. The molecule has 0 aliphatic carbocycles. The van der Waals surface area contributed by atoms with Gasteiger partial charge in [-0.1, -0.05) is 26.0 Å². The summed E-state index contributed by atoms with van der Waals surface area (Å²) in [5, 5.41) is 15.6. The molecule has 0 unspecified atom stereocenters. The lowest BCUT2D eigenvalue weighted by molar-refractivity contribution is -0.130. The molecule has 3 atom stereocenters. The van der Waals surface area contributed by atoms with Gasteiger partial charge >= 0.3 is 0 Å². The Bertz CT molecular complexity index is 507. The van der Waals surface area contributed by atoms with Gasteiger partial charge in [0.2, 0.25) is 0 Å². The number of benzene rings is 1. The van der Waals surface area contributed by atoms with Gasteiger partial charge in [-0.3, -0.25) is 4.79 Å². The molecule has 0 spiro atoms. The van der Waals surface area contributed by atoms with Crippen LogP contribution in [0, 0.1) is 0 Å². The van der Waals surface area contributed by atoms with E-state index < -0.39 is 12.0 Å². The van der Waals surface area contributed by atoms with Gasteiger partial charge in [0.1, 0.15) is 12.7 Å². The second-order valence-corrected chi connectivity index (χ2v) is 5.79. The summed E-state index contributed by atoms with van der Waals surface area (Å²) in [7, 11) is 0. The van der Waals surface area contributed by atoms with Crippen LogP contribution in [0.1, 0.15) is 20.8 Å². The summed E-state index contributed by atoms with van der Waals surface area (Å²) in [6, 6.07) is 7.37. The van der Waals surface area contributed by atoms with Crippen LogP contribution in [0.4, 0.5) is 0 Å². The first-order valence-corrected chi connectivity index (χ1v) is 7.57. The van der Waals surface area contributed by atoms with Gasteiger partial charge in [-0.2, -0.15) is 0 Å². The Hall–Kier alpha value is -1.79. The lowest BCUT2D eigenvalue weighted by atomic mass is 10.1. The summed E-state index contributed by atoms with van der Waals surface area (Å²) in [5.41, 5.74) is 0. The minimum absolute atomic E-state index is 0.214. The zero-order chi connectivity index (χ0) is 16.1. The third-order valence-corrected chi connectivity index (χ3v) is 3.48. The summed E-state index contributed by atoms with van der Waals surface area (Å²) in [6.45, 7) is 6.33. The first-order valence-electron chi connectivity index (χ1n) is 7.57. The number of hydrogen-bond acceptors (Lipinski definition) is 5. The Balaban J connectivity index is 1.85. The zero-order valence-electron chi connectivity index (χ0n) is 13.2. The maximum atomic E-state index is 12.0. The Morgan fingerprint density at radius 2 is 2.00 bits per heavy atom. The van der Waals surface area contributed by atoms with Crippen LogP contribution in [-0.2, 0) is 4.79 Å². The molecule has 0 radical (unpaired) electrons. The average molecular weight is 308 g/mol. The maximum Gasteiger partial charge on any atom is 0.250 e. The summed E-state index contributed by atoms with van der Waals surface area (Å²) >= 11 is 0. The summed E-state index contributed by atoms with van der Waals surface area (Å²) < 4.78 is 11.5. The number of fused-ring (bicyclic) bond motifs is 1. The van der Waals surface area contributed by atoms with E-state index in [1.54, 1.807) is 0 Å². The lowest BCUT2D eigenvalue weighted by Gasteiger charge is -2.31. The number of rotatable bonds is 6. The molecule has 6 heteroatoms. The minimum atomic E-state index is -1.08. The molecule has 6 nitrogen and oxygen atoms in total. The third kappa shape index (κ3) is 4.35. The number of para-hydroxylation sites is 2. The predicted octanol–water partition coefficient (Wildman–Crippen LogP) is 0.690. The first-order chi connectivity index (χ1) is 10.5. The van der Waals surface area contributed by atoms with Crippen molar-refractivity contribution >= 4 is 5.91 Å². The van der Waals surface area contributed by atoms with Gasteiger partial charge in [0.05, 0.1) is 6.04 Å². The van der Waals surface area contributed by atoms with Crippen LogP contribution in [-0.4, -0.2) is 48.5 Å². The number of aliphatic hydroxyl groups excluding tert-OH is 1. The fraction of sp³-hybridized carbons (Fsp3) is 0.562. The van der Waals surface area contributed by atoms with E-state index in [9.17, 15) is 9.90 Å². The average Bonchev–Trinajstić information content (AvgIpc) is 2.51. The van der Waals surface area contributed by atoms with E-state index in [1.807, 2.05) is 45.0 Å². The number of ether oxygens (including phenoxy) is 2. The minimum Gasteiger partial charge on any atom is -0.486 e. The van der Waals surface area contributed by atoms with Crippen molar-refractivity contribution in [3.05, 3.63) is 24.3 Å². The Labute approximate surface area is 130 Å². The molecule has 0 saturated heterocycles.